The van der Waals surface area contributed by atoms with Crippen LogP contribution in [0, 0.1) is 11.3 Å². The Morgan fingerprint density at radius 1 is 1.04 bits per heavy atom. The van der Waals surface area contributed by atoms with E-state index in [4.69, 9.17) is 19.0 Å². The van der Waals surface area contributed by atoms with E-state index < -0.39 is 32.1 Å². The van der Waals surface area contributed by atoms with Gasteiger partial charge in [-0.15, -0.1) is 0 Å². The summed E-state index contributed by atoms with van der Waals surface area (Å²) >= 11 is 0. The minimum absolute atomic E-state index is 0.140. The molecule has 148 valence electrons. The van der Waals surface area contributed by atoms with E-state index in [1.807, 2.05) is 20.8 Å². The highest BCUT2D eigenvalue weighted by Gasteiger charge is 2.41. The summed E-state index contributed by atoms with van der Waals surface area (Å²) in [5.41, 5.74) is 5.13. The number of carboxylic acid groups (broad SMARTS) is 1. The number of nitrogens with two attached hydrogens (primary N) is 1. The minimum Gasteiger partial charge on any atom is -0.480 e. The zero-order valence-corrected chi connectivity index (χ0v) is 17.5. The Morgan fingerprint density at radius 2 is 1.48 bits per heavy atom. The van der Waals surface area contributed by atoms with Crippen molar-refractivity contribution in [3.8, 4) is 0 Å². The molecule has 0 aliphatic rings. The second-order valence-electron chi connectivity index (χ2n) is 6.96. The number of ketones is 1. The van der Waals surface area contributed by atoms with Gasteiger partial charge in [0.25, 0.3) is 0 Å². The highest BCUT2D eigenvalue weighted by atomic mass is 28.4. The van der Waals surface area contributed by atoms with Crippen molar-refractivity contribution in [3.63, 3.8) is 0 Å². The maximum absolute atomic E-state index is 12.6. The van der Waals surface area contributed by atoms with Crippen LogP contribution in [0.3, 0.4) is 0 Å². The predicted octanol–water partition coefficient (Wildman–Crippen LogP) is 2.46. The molecule has 0 saturated carbocycles. The highest BCUT2D eigenvalue weighted by Crippen LogP contribution is 2.28. The third kappa shape index (κ3) is 7.95. The standard InChI is InChI=1S/C17H35NO6Si/c1-7-22-25(23-8-2,24-9-3)12-10-11-13(14(18)16(20)21)15(19)17(4,5)6/h13-14H,7-12,18H2,1-6H3,(H,20,21). The number of carbonyl (C=O) groups is 2. The maximum Gasteiger partial charge on any atom is 0.500 e. The van der Waals surface area contributed by atoms with Gasteiger partial charge in [0.05, 0.1) is 0 Å². The topological polar surface area (TPSA) is 108 Å². The zero-order valence-electron chi connectivity index (χ0n) is 16.5. The number of rotatable bonds is 13. The van der Waals surface area contributed by atoms with Crippen LogP contribution in [-0.2, 0) is 22.9 Å². The first-order valence-corrected chi connectivity index (χ1v) is 10.9. The molecule has 2 unspecified atom stereocenters. The first-order chi connectivity index (χ1) is 11.5. The fourth-order valence-corrected chi connectivity index (χ4v) is 5.38. The lowest BCUT2D eigenvalue weighted by molar-refractivity contribution is -0.144. The van der Waals surface area contributed by atoms with Crippen LogP contribution in [0.15, 0.2) is 0 Å². The molecule has 0 aliphatic carbocycles. The zero-order chi connectivity index (χ0) is 19.7. The highest BCUT2D eigenvalue weighted by molar-refractivity contribution is 6.60. The van der Waals surface area contributed by atoms with E-state index in [9.17, 15) is 14.7 Å². The Balaban J connectivity index is 5.13. The first-order valence-electron chi connectivity index (χ1n) is 8.99. The van der Waals surface area contributed by atoms with Gasteiger partial charge in [0, 0.05) is 37.2 Å². The minimum atomic E-state index is -2.80. The largest absolute Gasteiger partial charge is 0.500 e. The van der Waals surface area contributed by atoms with E-state index in [0.717, 1.165) is 0 Å². The fraction of sp³-hybridized carbons (Fsp3) is 0.882. The summed E-state index contributed by atoms with van der Waals surface area (Å²) in [5, 5.41) is 9.24. The molecule has 7 nitrogen and oxygen atoms in total. The number of hydrogen-bond acceptors (Lipinski definition) is 6. The second-order valence-corrected chi connectivity index (χ2v) is 9.69. The van der Waals surface area contributed by atoms with Gasteiger partial charge in [-0.25, -0.2) is 0 Å². The number of Topliss-reactive ketones (excluding diaryl/α,β-unsaturated/α-hetero) is 1. The Morgan fingerprint density at radius 3 is 1.80 bits per heavy atom. The molecule has 2 atom stereocenters. The Kier molecular flexibility index (Phi) is 10.7. The Hall–Kier alpha value is -0.803. The lowest BCUT2D eigenvalue weighted by Crippen LogP contribution is -2.47. The first kappa shape index (κ1) is 24.2. The van der Waals surface area contributed by atoms with Gasteiger partial charge in [-0.05, 0) is 33.6 Å². The third-order valence-corrected chi connectivity index (χ3v) is 7.04. The number of aliphatic carboxylic acids is 1. The third-order valence-electron chi connectivity index (χ3n) is 3.89. The summed E-state index contributed by atoms with van der Waals surface area (Å²) in [6.07, 6.45) is 0.922. The smallest absolute Gasteiger partial charge is 0.480 e. The number of hydrogen-bond donors (Lipinski definition) is 2. The van der Waals surface area contributed by atoms with Crippen molar-refractivity contribution in [1.82, 2.24) is 0 Å². The molecule has 0 fully saturated rings. The molecule has 0 aromatic carbocycles. The summed E-state index contributed by atoms with van der Waals surface area (Å²) in [4.78, 5) is 23.9. The molecule has 3 N–H and O–H groups in total. The van der Waals surface area contributed by atoms with Gasteiger partial charge in [0.15, 0.2) is 0 Å². The van der Waals surface area contributed by atoms with Crippen molar-refractivity contribution in [2.75, 3.05) is 19.8 Å². The molecule has 25 heavy (non-hydrogen) atoms. The molecular formula is C17H35NO6Si. The van der Waals surface area contributed by atoms with Gasteiger partial charge in [0.2, 0.25) is 0 Å². The van der Waals surface area contributed by atoms with E-state index in [-0.39, 0.29) is 5.78 Å². The van der Waals surface area contributed by atoms with Crippen molar-refractivity contribution in [1.29, 1.82) is 0 Å². The van der Waals surface area contributed by atoms with Crippen molar-refractivity contribution >= 4 is 20.6 Å². The van der Waals surface area contributed by atoms with Crippen molar-refractivity contribution in [2.24, 2.45) is 17.1 Å². The summed E-state index contributed by atoms with van der Waals surface area (Å²) in [6, 6.07) is -0.683. The van der Waals surface area contributed by atoms with Gasteiger partial charge in [0.1, 0.15) is 11.8 Å². The van der Waals surface area contributed by atoms with Crippen LogP contribution in [0.4, 0.5) is 0 Å². The van der Waals surface area contributed by atoms with Crippen LogP contribution in [0.25, 0.3) is 0 Å². The molecule has 0 radical (unpaired) electrons. The summed E-state index contributed by atoms with van der Waals surface area (Å²) in [6.45, 7) is 12.4. The molecule has 0 heterocycles. The van der Waals surface area contributed by atoms with Gasteiger partial charge in [-0.2, -0.15) is 0 Å². The van der Waals surface area contributed by atoms with Crippen LogP contribution in [-0.4, -0.2) is 51.5 Å². The van der Waals surface area contributed by atoms with Crippen LogP contribution in [0.2, 0.25) is 6.04 Å². The number of carbonyl (C=O) groups excluding carboxylic acids is 1. The van der Waals surface area contributed by atoms with E-state index in [1.54, 1.807) is 20.8 Å². The van der Waals surface area contributed by atoms with Crippen molar-refractivity contribution < 1.29 is 28.0 Å². The molecule has 0 bridgehead atoms. The quantitative estimate of drug-likeness (QED) is 0.475. The van der Waals surface area contributed by atoms with E-state index in [0.29, 0.717) is 38.7 Å². The van der Waals surface area contributed by atoms with Crippen LogP contribution < -0.4 is 5.73 Å². The lowest BCUT2D eigenvalue weighted by Gasteiger charge is -2.30. The average Bonchev–Trinajstić information content (AvgIpc) is 2.50. The monoisotopic (exact) mass is 377 g/mol. The molecular weight excluding hydrogens is 342 g/mol. The SMILES string of the molecule is CCO[Si](CCCC(C(=O)C(C)(C)C)C(N)C(=O)O)(OCC)OCC. The van der Waals surface area contributed by atoms with Crippen molar-refractivity contribution in [3.05, 3.63) is 0 Å². The van der Waals surface area contributed by atoms with E-state index in [1.165, 1.54) is 0 Å². The maximum atomic E-state index is 12.6. The molecule has 0 aromatic heterocycles. The normalized spacial score (nSPS) is 15.0. The lowest BCUT2D eigenvalue weighted by atomic mass is 9.78. The van der Waals surface area contributed by atoms with Crippen molar-refractivity contribution in [2.45, 2.75) is 66.5 Å². The number of carboxylic acids is 1. The average molecular weight is 378 g/mol. The molecule has 8 heteroatoms. The van der Waals surface area contributed by atoms with Crippen LogP contribution >= 0.6 is 0 Å². The fourth-order valence-electron chi connectivity index (χ4n) is 2.74. The Bertz CT molecular complexity index is 407. The molecule has 0 aliphatic heterocycles. The van der Waals surface area contributed by atoms with Gasteiger partial charge in [-0.3, -0.25) is 9.59 Å². The van der Waals surface area contributed by atoms with E-state index in [2.05, 4.69) is 0 Å². The molecule has 0 spiro atoms. The Labute approximate surface area is 152 Å². The van der Waals surface area contributed by atoms with Gasteiger partial charge >= 0.3 is 14.8 Å². The van der Waals surface area contributed by atoms with Gasteiger partial charge in [-0.1, -0.05) is 20.8 Å². The molecule has 0 saturated heterocycles. The molecule has 0 rings (SSSR count). The van der Waals surface area contributed by atoms with Gasteiger partial charge < -0.3 is 24.1 Å². The molecule has 0 amide bonds. The summed E-state index contributed by atoms with van der Waals surface area (Å²) in [7, 11) is -2.80. The summed E-state index contributed by atoms with van der Waals surface area (Å²) < 4.78 is 17.4. The van der Waals surface area contributed by atoms with Crippen LogP contribution in [0.1, 0.15) is 54.4 Å². The van der Waals surface area contributed by atoms with Crippen LogP contribution in [0.5, 0.6) is 0 Å². The predicted molar refractivity (Wildman–Crippen MR) is 98.2 cm³/mol. The summed E-state index contributed by atoms with van der Waals surface area (Å²) in [5.74, 6) is -2.04. The van der Waals surface area contributed by atoms with E-state index >= 15 is 0 Å². The molecule has 0 aromatic rings. The second kappa shape index (κ2) is 11.0.